The lowest BCUT2D eigenvalue weighted by Gasteiger charge is -2.32. The van der Waals surface area contributed by atoms with E-state index in [9.17, 15) is 4.79 Å². The maximum absolute atomic E-state index is 10.9. The molecule has 1 aliphatic heterocycles. The van der Waals surface area contributed by atoms with Crippen molar-refractivity contribution in [1.82, 2.24) is 9.80 Å². The van der Waals surface area contributed by atoms with E-state index in [0.29, 0.717) is 5.92 Å². The van der Waals surface area contributed by atoms with Gasteiger partial charge in [0, 0.05) is 38.6 Å². The molecule has 0 aromatic carbocycles. The first-order valence-corrected chi connectivity index (χ1v) is 5.37. The van der Waals surface area contributed by atoms with Crippen LogP contribution in [0.25, 0.3) is 0 Å². The molecule has 1 saturated carbocycles. The van der Waals surface area contributed by atoms with Gasteiger partial charge in [-0.05, 0) is 19.4 Å². The number of carbonyl (C=O) groups is 1. The van der Waals surface area contributed by atoms with Crippen molar-refractivity contribution < 1.29 is 4.79 Å². The summed E-state index contributed by atoms with van der Waals surface area (Å²) < 4.78 is 0. The zero-order chi connectivity index (χ0) is 10.1. The maximum atomic E-state index is 10.9. The van der Waals surface area contributed by atoms with Crippen LogP contribution in [0.3, 0.4) is 0 Å². The zero-order valence-corrected chi connectivity index (χ0v) is 8.78. The van der Waals surface area contributed by atoms with Gasteiger partial charge in [0.1, 0.15) is 0 Å². The lowest BCUT2D eigenvalue weighted by Crippen LogP contribution is -2.45. The van der Waals surface area contributed by atoms with E-state index >= 15 is 0 Å². The molecule has 2 N–H and O–H groups in total. The summed E-state index contributed by atoms with van der Waals surface area (Å²) in [5.41, 5.74) is 5.25. The molecule has 0 aromatic rings. The fourth-order valence-corrected chi connectivity index (χ4v) is 2.16. The Hall–Kier alpha value is -0.610. The Kier molecular flexibility index (Phi) is 2.74. The number of nitrogens with zero attached hydrogens (tertiary/aromatic N) is 2. The van der Waals surface area contributed by atoms with E-state index in [1.54, 1.807) is 0 Å². The molecule has 0 radical (unpaired) electrons. The van der Waals surface area contributed by atoms with E-state index < -0.39 is 0 Å². The molecule has 1 heterocycles. The maximum Gasteiger partial charge on any atom is 0.220 e. The van der Waals surface area contributed by atoms with Crippen molar-refractivity contribution in [3.8, 4) is 0 Å². The topological polar surface area (TPSA) is 49.6 Å². The minimum atomic E-state index is -0.107. The van der Waals surface area contributed by atoms with E-state index in [1.807, 2.05) is 0 Å². The van der Waals surface area contributed by atoms with Gasteiger partial charge in [-0.2, -0.15) is 0 Å². The Balaban J connectivity index is 1.70. The van der Waals surface area contributed by atoms with Crippen LogP contribution in [-0.2, 0) is 4.79 Å². The van der Waals surface area contributed by atoms with Crippen LogP contribution in [0.1, 0.15) is 6.42 Å². The van der Waals surface area contributed by atoms with Crippen molar-refractivity contribution in [2.75, 3.05) is 39.8 Å². The minimum absolute atomic E-state index is 0.107. The fraction of sp³-hybridized carbons (Fsp3) is 0.900. The van der Waals surface area contributed by atoms with E-state index in [4.69, 9.17) is 5.73 Å². The second kappa shape index (κ2) is 3.87. The zero-order valence-electron chi connectivity index (χ0n) is 8.78. The van der Waals surface area contributed by atoms with Gasteiger partial charge in [-0.15, -0.1) is 0 Å². The predicted molar refractivity (Wildman–Crippen MR) is 54.7 cm³/mol. The van der Waals surface area contributed by atoms with Crippen LogP contribution in [0.2, 0.25) is 0 Å². The van der Waals surface area contributed by atoms with Crippen LogP contribution in [-0.4, -0.2) is 55.5 Å². The standard InChI is InChI=1S/C10H19N3O/c1-12-2-4-13(5-3-12)7-8-6-9(8)10(11)14/h8-9H,2-7H2,1H3,(H2,11,14). The van der Waals surface area contributed by atoms with Crippen LogP contribution in [0, 0.1) is 11.8 Å². The Labute approximate surface area is 85.0 Å². The van der Waals surface area contributed by atoms with Gasteiger partial charge in [0.15, 0.2) is 0 Å². The number of nitrogens with two attached hydrogens (primary N) is 1. The molecule has 80 valence electrons. The molecule has 2 unspecified atom stereocenters. The predicted octanol–water partition coefficient (Wildman–Crippen LogP) is -0.645. The summed E-state index contributed by atoms with van der Waals surface area (Å²) in [5.74, 6) is 0.620. The molecule has 2 aliphatic rings. The van der Waals surface area contributed by atoms with Crippen molar-refractivity contribution in [3.63, 3.8) is 0 Å². The summed E-state index contributed by atoms with van der Waals surface area (Å²) in [5, 5.41) is 0. The highest BCUT2D eigenvalue weighted by Gasteiger charge is 2.42. The number of amides is 1. The number of carbonyl (C=O) groups excluding carboxylic acids is 1. The molecule has 1 amide bonds. The molecular formula is C10H19N3O. The third-order valence-corrected chi connectivity index (χ3v) is 3.38. The van der Waals surface area contributed by atoms with Crippen molar-refractivity contribution in [2.45, 2.75) is 6.42 Å². The van der Waals surface area contributed by atoms with E-state index in [0.717, 1.165) is 39.1 Å². The first kappa shape index (κ1) is 9.93. The molecule has 2 fully saturated rings. The number of hydrogen-bond acceptors (Lipinski definition) is 3. The van der Waals surface area contributed by atoms with Gasteiger partial charge in [-0.3, -0.25) is 4.79 Å². The molecule has 4 nitrogen and oxygen atoms in total. The Morgan fingerprint density at radius 2 is 2.00 bits per heavy atom. The molecule has 0 spiro atoms. The lowest BCUT2D eigenvalue weighted by molar-refractivity contribution is -0.119. The monoisotopic (exact) mass is 197 g/mol. The van der Waals surface area contributed by atoms with Gasteiger partial charge >= 0.3 is 0 Å². The van der Waals surface area contributed by atoms with Gasteiger partial charge in [-0.1, -0.05) is 0 Å². The molecule has 2 rings (SSSR count). The molecule has 4 heteroatoms. The van der Waals surface area contributed by atoms with Gasteiger partial charge in [0.05, 0.1) is 0 Å². The van der Waals surface area contributed by atoms with Crippen LogP contribution in [0.5, 0.6) is 0 Å². The quantitative estimate of drug-likeness (QED) is 0.654. The highest BCUT2D eigenvalue weighted by molar-refractivity contribution is 5.79. The first-order valence-electron chi connectivity index (χ1n) is 5.37. The molecule has 0 aromatic heterocycles. The average molecular weight is 197 g/mol. The van der Waals surface area contributed by atoms with Gasteiger partial charge in [0.2, 0.25) is 5.91 Å². The van der Waals surface area contributed by atoms with Gasteiger partial charge < -0.3 is 15.5 Å². The lowest BCUT2D eigenvalue weighted by atomic mass is 10.2. The molecule has 0 bridgehead atoms. The summed E-state index contributed by atoms with van der Waals surface area (Å²) >= 11 is 0. The van der Waals surface area contributed by atoms with Gasteiger partial charge in [0.25, 0.3) is 0 Å². The van der Waals surface area contributed by atoms with Crippen molar-refractivity contribution in [1.29, 1.82) is 0 Å². The van der Waals surface area contributed by atoms with Crippen LogP contribution in [0.4, 0.5) is 0 Å². The summed E-state index contributed by atoms with van der Waals surface area (Å²) in [6.45, 7) is 5.64. The minimum Gasteiger partial charge on any atom is -0.369 e. The highest BCUT2D eigenvalue weighted by atomic mass is 16.1. The fourth-order valence-electron chi connectivity index (χ4n) is 2.16. The van der Waals surface area contributed by atoms with E-state index in [2.05, 4.69) is 16.8 Å². The average Bonchev–Trinajstić information content (AvgIpc) is 2.88. The Morgan fingerprint density at radius 1 is 1.36 bits per heavy atom. The number of likely N-dealkylation sites (N-methyl/N-ethyl adjacent to an activating group) is 1. The number of rotatable bonds is 3. The summed E-state index contributed by atoms with van der Waals surface area (Å²) in [6, 6.07) is 0. The van der Waals surface area contributed by atoms with Crippen LogP contribution in [0.15, 0.2) is 0 Å². The number of piperazine rings is 1. The van der Waals surface area contributed by atoms with Crippen molar-refractivity contribution >= 4 is 5.91 Å². The summed E-state index contributed by atoms with van der Waals surface area (Å²) in [6.07, 6.45) is 1.02. The molecule has 2 atom stereocenters. The Bertz CT molecular complexity index is 223. The van der Waals surface area contributed by atoms with Gasteiger partial charge in [-0.25, -0.2) is 0 Å². The molecule has 1 aliphatic carbocycles. The third-order valence-electron chi connectivity index (χ3n) is 3.38. The van der Waals surface area contributed by atoms with Crippen molar-refractivity contribution in [3.05, 3.63) is 0 Å². The van der Waals surface area contributed by atoms with E-state index in [1.165, 1.54) is 0 Å². The van der Waals surface area contributed by atoms with Crippen molar-refractivity contribution in [2.24, 2.45) is 17.6 Å². The first-order chi connectivity index (χ1) is 6.66. The van der Waals surface area contributed by atoms with Crippen LogP contribution < -0.4 is 5.73 Å². The second-order valence-corrected chi connectivity index (χ2v) is 4.61. The van der Waals surface area contributed by atoms with E-state index in [-0.39, 0.29) is 11.8 Å². The smallest absolute Gasteiger partial charge is 0.220 e. The largest absolute Gasteiger partial charge is 0.369 e. The normalized spacial score (nSPS) is 34.4. The second-order valence-electron chi connectivity index (χ2n) is 4.61. The molecule has 14 heavy (non-hydrogen) atoms. The highest BCUT2D eigenvalue weighted by Crippen LogP contribution is 2.38. The SMILES string of the molecule is CN1CCN(CC2CC2C(N)=O)CC1. The Morgan fingerprint density at radius 3 is 2.50 bits per heavy atom. The van der Waals surface area contributed by atoms with Crippen LogP contribution >= 0.6 is 0 Å². The third kappa shape index (κ3) is 2.25. The summed E-state index contributed by atoms with van der Waals surface area (Å²) in [4.78, 5) is 15.7. The molecular weight excluding hydrogens is 178 g/mol. The molecule has 1 saturated heterocycles. The number of primary amides is 1. The summed E-state index contributed by atoms with van der Waals surface area (Å²) in [7, 11) is 2.15. The number of hydrogen-bond donors (Lipinski definition) is 1.